The van der Waals surface area contributed by atoms with E-state index < -0.39 is 0 Å². The molecular formula is C18H17Cl2NO3. The Morgan fingerprint density at radius 3 is 2.71 bits per heavy atom. The van der Waals surface area contributed by atoms with Gasteiger partial charge >= 0.3 is 0 Å². The van der Waals surface area contributed by atoms with Crippen LogP contribution in [0.4, 0.5) is 0 Å². The van der Waals surface area contributed by atoms with Crippen LogP contribution in [0.3, 0.4) is 0 Å². The summed E-state index contributed by atoms with van der Waals surface area (Å²) in [5.74, 6) is 1.40. The van der Waals surface area contributed by atoms with E-state index in [1.54, 1.807) is 12.1 Å². The number of para-hydroxylation sites is 2. The van der Waals surface area contributed by atoms with E-state index in [1.165, 1.54) is 0 Å². The smallest absolute Gasteiger partial charge is 0.220 e. The van der Waals surface area contributed by atoms with Gasteiger partial charge in [-0.05, 0) is 36.2 Å². The van der Waals surface area contributed by atoms with E-state index in [-0.39, 0.29) is 12.0 Å². The summed E-state index contributed by atoms with van der Waals surface area (Å²) in [4.78, 5) is 12.0. The monoisotopic (exact) mass is 365 g/mol. The van der Waals surface area contributed by atoms with Crippen LogP contribution in [-0.2, 0) is 11.2 Å². The fourth-order valence-corrected chi connectivity index (χ4v) is 2.75. The minimum Gasteiger partial charge on any atom is -0.486 e. The van der Waals surface area contributed by atoms with Gasteiger partial charge in [0.05, 0.1) is 16.6 Å². The largest absolute Gasteiger partial charge is 0.486 e. The number of halogens is 2. The quantitative estimate of drug-likeness (QED) is 0.874. The molecule has 0 bridgehead atoms. The minimum absolute atomic E-state index is 0.0384. The topological polar surface area (TPSA) is 47.6 Å². The van der Waals surface area contributed by atoms with Gasteiger partial charge < -0.3 is 14.8 Å². The lowest BCUT2D eigenvalue weighted by molar-refractivity contribution is -0.121. The van der Waals surface area contributed by atoms with Crippen molar-refractivity contribution in [1.29, 1.82) is 0 Å². The average Bonchev–Trinajstić information content (AvgIpc) is 2.60. The van der Waals surface area contributed by atoms with Crippen molar-refractivity contribution in [3.8, 4) is 11.5 Å². The molecule has 1 amide bonds. The van der Waals surface area contributed by atoms with Crippen molar-refractivity contribution in [3.05, 3.63) is 58.1 Å². The highest BCUT2D eigenvalue weighted by molar-refractivity contribution is 6.42. The van der Waals surface area contributed by atoms with Crippen LogP contribution in [0.1, 0.15) is 12.0 Å². The van der Waals surface area contributed by atoms with Crippen molar-refractivity contribution in [2.75, 3.05) is 13.2 Å². The summed E-state index contributed by atoms with van der Waals surface area (Å²) in [6.07, 6.45) is 0.796. The van der Waals surface area contributed by atoms with Gasteiger partial charge in [-0.25, -0.2) is 0 Å². The number of amides is 1. The van der Waals surface area contributed by atoms with Gasteiger partial charge in [0.15, 0.2) is 11.5 Å². The molecule has 0 radical (unpaired) electrons. The van der Waals surface area contributed by atoms with Crippen LogP contribution in [0.15, 0.2) is 42.5 Å². The Morgan fingerprint density at radius 2 is 1.92 bits per heavy atom. The van der Waals surface area contributed by atoms with Crippen LogP contribution in [0.2, 0.25) is 10.0 Å². The van der Waals surface area contributed by atoms with Crippen molar-refractivity contribution in [2.45, 2.75) is 18.9 Å². The van der Waals surface area contributed by atoms with Crippen LogP contribution < -0.4 is 14.8 Å². The predicted molar refractivity (Wildman–Crippen MR) is 94.1 cm³/mol. The van der Waals surface area contributed by atoms with Gasteiger partial charge in [-0.3, -0.25) is 4.79 Å². The molecule has 0 aromatic heterocycles. The number of hydrogen-bond acceptors (Lipinski definition) is 3. The summed E-state index contributed by atoms with van der Waals surface area (Å²) in [6, 6.07) is 12.9. The predicted octanol–water partition coefficient (Wildman–Crippen LogP) is 3.88. The van der Waals surface area contributed by atoms with Crippen molar-refractivity contribution < 1.29 is 14.3 Å². The second-order valence-electron chi connectivity index (χ2n) is 5.55. The minimum atomic E-state index is -0.186. The third-order valence-electron chi connectivity index (χ3n) is 3.72. The van der Waals surface area contributed by atoms with E-state index in [0.717, 1.165) is 11.3 Å². The number of fused-ring (bicyclic) bond motifs is 1. The summed E-state index contributed by atoms with van der Waals surface area (Å²) < 4.78 is 11.4. The molecule has 0 saturated heterocycles. The summed E-state index contributed by atoms with van der Waals surface area (Å²) in [7, 11) is 0. The molecule has 1 aliphatic heterocycles. The lowest BCUT2D eigenvalue weighted by Crippen LogP contribution is -2.40. The first-order chi connectivity index (χ1) is 11.6. The van der Waals surface area contributed by atoms with E-state index in [1.807, 2.05) is 30.3 Å². The maximum Gasteiger partial charge on any atom is 0.220 e. The Labute approximate surface area is 150 Å². The van der Waals surface area contributed by atoms with Crippen molar-refractivity contribution in [2.24, 2.45) is 0 Å². The highest BCUT2D eigenvalue weighted by Crippen LogP contribution is 2.30. The summed E-state index contributed by atoms with van der Waals surface area (Å²) >= 11 is 11.8. The molecule has 4 nitrogen and oxygen atoms in total. The molecule has 0 spiro atoms. The maximum absolute atomic E-state index is 12.0. The third-order valence-corrected chi connectivity index (χ3v) is 4.46. The molecule has 1 N–H and O–H groups in total. The summed E-state index contributed by atoms with van der Waals surface area (Å²) in [5.41, 5.74) is 0.978. The Balaban J connectivity index is 1.44. The highest BCUT2D eigenvalue weighted by Gasteiger charge is 2.20. The van der Waals surface area contributed by atoms with E-state index in [0.29, 0.717) is 41.8 Å². The Morgan fingerprint density at radius 1 is 1.12 bits per heavy atom. The van der Waals surface area contributed by atoms with E-state index in [4.69, 9.17) is 32.7 Å². The first-order valence-corrected chi connectivity index (χ1v) is 8.46. The third kappa shape index (κ3) is 4.34. The second-order valence-corrected chi connectivity index (χ2v) is 6.36. The van der Waals surface area contributed by atoms with Gasteiger partial charge in [0, 0.05) is 6.42 Å². The molecular weight excluding hydrogens is 349 g/mol. The fraction of sp³-hybridized carbons (Fsp3) is 0.278. The SMILES string of the molecule is O=C(CCc1ccc(Cl)c(Cl)c1)NCC1COc2ccccc2O1. The molecule has 126 valence electrons. The number of aryl methyl sites for hydroxylation is 1. The Kier molecular flexibility index (Phi) is 5.48. The Bertz CT molecular complexity index is 736. The average molecular weight is 366 g/mol. The number of carbonyl (C=O) groups excluding carboxylic acids is 1. The van der Waals surface area contributed by atoms with Gasteiger partial charge in [0.2, 0.25) is 5.91 Å². The molecule has 0 saturated carbocycles. The first kappa shape index (κ1) is 16.9. The lowest BCUT2D eigenvalue weighted by Gasteiger charge is -2.26. The van der Waals surface area contributed by atoms with E-state index in [9.17, 15) is 4.79 Å². The number of rotatable bonds is 5. The maximum atomic E-state index is 12.0. The second kappa shape index (κ2) is 7.77. The molecule has 0 aliphatic carbocycles. The van der Waals surface area contributed by atoms with Crippen LogP contribution in [0.5, 0.6) is 11.5 Å². The summed E-state index contributed by atoms with van der Waals surface area (Å²) in [5, 5.41) is 3.89. The zero-order chi connectivity index (χ0) is 16.9. The number of nitrogens with one attached hydrogen (secondary N) is 1. The molecule has 1 unspecified atom stereocenters. The molecule has 2 aromatic rings. The van der Waals surface area contributed by atoms with Crippen LogP contribution in [0.25, 0.3) is 0 Å². The Hall–Kier alpha value is -1.91. The van der Waals surface area contributed by atoms with Gasteiger partial charge in [0.25, 0.3) is 0 Å². The highest BCUT2D eigenvalue weighted by atomic mass is 35.5. The number of benzene rings is 2. The molecule has 1 heterocycles. The fourth-order valence-electron chi connectivity index (χ4n) is 2.43. The van der Waals surface area contributed by atoms with Crippen LogP contribution >= 0.6 is 23.2 Å². The summed E-state index contributed by atoms with van der Waals surface area (Å²) in [6.45, 7) is 0.832. The molecule has 3 rings (SSSR count). The molecule has 2 aromatic carbocycles. The normalized spacial score (nSPS) is 15.8. The van der Waals surface area contributed by atoms with Crippen molar-refractivity contribution >= 4 is 29.1 Å². The standard InChI is InChI=1S/C18H17Cl2NO3/c19-14-7-5-12(9-15(14)20)6-8-18(22)21-10-13-11-23-16-3-1-2-4-17(16)24-13/h1-5,7,9,13H,6,8,10-11H2,(H,21,22). The van der Waals surface area contributed by atoms with Crippen LogP contribution in [-0.4, -0.2) is 25.2 Å². The van der Waals surface area contributed by atoms with Gasteiger partial charge in [-0.2, -0.15) is 0 Å². The number of carbonyl (C=O) groups is 1. The van der Waals surface area contributed by atoms with Gasteiger partial charge in [-0.15, -0.1) is 0 Å². The molecule has 0 fully saturated rings. The molecule has 1 atom stereocenters. The van der Waals surface area contributed by atoms with Gasteiger partial charge in [-0.1, -0.05) is 41.4 Å². The zero-order valence-electron chi connectivity index (χ0n) is 12.9. The van der Waals surface area contributed by atoms with E-state index >= 15 is 0 Å². The van der Waals surface area contributed by atoms with Crippen LogP contribution in [0, 0.1) is 0 Å². The van der Waals surface area contributed by atoms with Crippen molar-refractivity contribution in [1.82, 2.24) is 5.32 Å². The lowest BCUT2D eigenvalue weighted by atomic mass is 10.1. The molecule has 1 aliphatic rings. The molecule has 6 heteroatoms. The number of hydrogen-bond donors (Lipinski definition) is 1. The van der Waals surface area contributed by atoms with Gasteiger partial charge in [0.1, 0.15) is 12.7 Å². The van der Waals surface area contributed by atoms with Crippen molar-refractivity contribution in [3.63, 3.8) is 0 Å². The zero-order valence-corrected chi connectivity index (χ0v) is 14.4. The number of ether oxygens (including phenoxy) is 2. The first-order valence-electron chi connectivity index (χ1n) is 7.71. The molecule has 24 heavy (non-hydrogen) atoms. The van der Waals surface area contributed by atoms with E-state index in [2.05, 4.69) is 5.32 Å².